The van der Waals surface area contributed by atoms with Gasteiger partial charge in [0.15, 0.2) is 0 Å². The number of nitrogens with two attached hydrogens (primary N) is 1. The molecule has 144 valence electrons. The maximum atomic E-state index is 12.5. The molecule has 6 nitrogen and oxygen atoms in total. The molecule has 1 aliphatic rings. The number of carbonyl (C=O) groups is 1. The molecule has 2 aromatic carbocycles. The smallest absolute Gasteiger partial charge is 0.242 e. The second-order valence-corrected chi connectivity index (χ2v) is 7.02. The number of fused-ring (bicyclic) bond motifs is 1. The third-order valence-corrected chi connectivity index (χ3v) is 5.22. The monoisotopic (exact) mass is 377 g/mol. The lowest BCUT2D eigenvalue weighted by molar-refractivity contribution is -0.134. The number of rotatable bonds is 5. The van der Waals surface area contributed by atoms with Crippen molar-refractivity contribution >= 4 is 5.91 Å². The van der Waals surface area contributed by atoms with Crippen LogP contribution in [0.2, 0.25) is 0 Å². The summed E-state index contributed by atoms with van der Waals surface area (Å²) in [6, 6.07) is 19.4. The molecule has 28 heavy (non-hydrogen) atoms. The Hall–Kier alpha value is -2.96. The van der Waals surface area contributed by atoms with Gasteiger partial charge in [-0.05, 0) is 11.1 Å². The minimum absolute atomic E-state index is 0.0866. The fraction of sp³-hybridized carbons (Fsp3) is 0.273. The first-order chi connectivity index (χ1) is 13.7. The predicted octanol–water partition coefficient (Wildman–Crippen LogP) is 2.06. The molecule has 1 atom stereocenters. The Bertz CT molecular complexity index is 901. The summed E-state index contributed by atoms with van der Waals surface area (Å²) >= 11 is 0. The highest BCUT2D eigenvalue weighted by molar-refractivity contribution is 5.82. The van der Waals surface area contributed by atoms with Crippen LogP contribution in [-0.2, 0) is 17.8 Å². The van der Waals surface area contributed by atoms with E-state index >= 15 is 0 Å². The molecule has 3 aromatic rings. The summed E-state index contributed by atoms with van der Waals surface area (Å²) in [5.74, 6) is 0.473. The summed E-state index contributed by atoms with van der Waals surface area (Å²) in [4.78, 5) is 14.1. The Labute approximate surface area is 163 Å². The Morgan fingerprint density at radius 1 is 1.11 bits per heavy atom. The summed E-state index contributed by atoms with van der Waals surface area (Å²) < 4.78 is 5.66. The molecular formula is C22H23N3O3. The number of benzene rings is 2. The molecule has 1 aliphatic heterocycles. The van der Waals surface area contributed by atoms with E-state index in [4.69, 9.17) is 10.3 Å². The fourth-order valence-corrected chi connectivity index (χ4v) is 3.76. The molecule has 0 unspecified atom stereocenters. The zero-order valence-corrected chi connectivity index (χ0v) is 15.5. The number of hydrogen-bond acceptors (Lipinski definition) is 5. The van der Waals surface area contributed by atoms with Crippen molar-refractivity contribution in [3.8, 4) is 0 Å². The van der Waals surface area contributed by atoms with Crippen LogP contribution < -0.4 is 5.73 Å². The van der Waals surface area contributed by atoms with Crippen LogP contribution in [0.4, 0.5) is 0 Å². The number of nitrogens with zero attached hydrogens (tertiary/aromatic N) is 2. The molecule has 0 saturated heterocycles. The molecular weight excluding hydrogens is 354 g/mol. The number of carbonyl (C=O) groups excluding carboxylic acids is 1. The van der Waals surface area contributed by atoms with E-state index in [0.717, 1.165) is 28.1 Å². The predicted molar refractivity (Wildman–Crippen MR) is 105 cm³/mol. The highest BCUT2D eigenvalue weighted by Gasteiger charge is 2.32. The van der Waals surface area contributed by atoms with Crippen molar-refractivity contribution in [3.05, 3.63) is 88.8 Å². The van der Waals surface area contributed by atoms with Crippen molar-refractivity contribution in [1.29, 1.82) is 0 Å². The lowest BCUT2D eigenvalue weighted by Gasteiger charge is -2.29. The molecule has 3 N–H and O–H groups in total. The molecule has 0 aliphatic carbocycles. The van der Waals surface area contributed by atoms with Gasteiger partial charge in [-0.25, -0.2) is 0 Å². The maximum absolute atomic E-state index is 12.5. The van der Waals surface area contributed by atoms with Crippen LogP contribution in [0, 0.1) is 0 Å². The van der Waals surface area contributed by atoms with Crippen LogP contribution in [0.5, 0.6) is 0 Å². The zero-order valence-electron chi connectivity index (χ0n) is 15.5. The topological polar surface area (TPSA) is 92.6 Å². The van der Waals surface area contributed by atoms with Gasteiger partial charge in [0.25, 0.3) is 0 Å². The van der Waals surface area contributed by atoms with Crippen LogP contribution in [0.3, 0.4) is 0 Å². The SMILES string of the molecule is N[C@H](CO)C(=O)N1CCc2onc(C(c3ccccc3)c3ccccc3)c2C1. The Morgan fingerprint density at radius 2 is 1.71 bits per heavy atom. The average molecular weight is 377 g/mol. The van der Waals surface area contributed by atoms with Crippen LogP contribution in [0.15, 0.2) is 65.2 Å². The van der Waals surface area contributed by atoms with E-state index in [9.17, 15) is 9.90 Å². The summed E-state index contributed by atoms with van der Waals surface area (Å²) in [7, 11) is 0. The van der Waals surface area contributed by atoms with Crippen LogP contribution >= 0.6 is 0 Å². The highest BCUT2D eigenvalue weighted by Crippen LogP contribution is 2.36. The van der Waals surface area contributed by atoms with E-state index < -0.39 is 6.04 Å². The van der Waals surface area contributed by atoms with Gasteiger partial charge in [-0.15, -0.1) is 0 Å². The van der Waals surface area contributed by atoms with E-state index in [-0.39, 0.29) is 18.4 Å². The van der Waals surface area contributed by atoms with Crippen molar-refractivity contribution in [2.45, 2.75) is 24.9 Å². The molecule has 1 amide bonds. The lowest BCUT2D eigenvalue weighted by Crippen LogP contribution is -2.47. The Morgan fingerprint density at radius 3 is 2.29 bits per heavy atom. The van der Waals surface area contributed by atoms with E-state index in [1.165, 1.54) is 0 Å². The van der Waals surface area contributed by atoms with Gasteiger partial charge >= 0.3 is 0 Å². The standard InChI is InChI=1S/C22H23N3O3/c23-18(14-26)22(27)25-12-11-19-17(13-25)21(24-28-19)20(15-7-3-1-4-8-15)16-9-5-2-6-10-16/h1-10,18,20,26H,11-14,23H2/t18-/m1/s1. The van der Waals surface area contributed by atoms with Gasteiger partial charge in [0.05, 0.1) is 19.1 Å². The number of amides is 1. The van der Waals surface area contributed by atoms with Crippen molar-refractivity contribution in [2.24, 2.45) is 5.73 Å². The highest BCUT2D eigenvalue weighted by atomic mass is 16.5. The van der Waals surface area contributed by atoms with Gasteiger partial charge in [0.2, 0.25) is 5.91 Å². The molecule has 1 aromatic heterocycles. The van der Waals surface area contributed by atoms with E-state index in [0.29, 0.717) is 19.5 Å². The van der Waals surface area contributed by atoms with E-state index in [1.807, 2.05) is 36.4 Å². The first-order valence-electron chi connectivity index (χ1n) is 9.41. The van der Waals surface area contributed by atoms with Gasteiger partial charge in [0.1, 0.15) is 17.5 Å². The minimum Gasteiger partial charge on any atom is -0.394 e. The molecule has 0 saturated carbocycles. The summed E-state index contributed by atoms with van der Waals surface area (Å²) in [6.07, 6.45) is 0.586. The average Bonchev–Trinajstić information content (AvgIpc) is 3.17. The third kappa shape index (κ3) is 3.44. The molecule has 2 heterocycles. The van der Waals surface area contributed by atoms with Crippen molar-refractivity contribution in [1.82, 2.24) is 10.1 Å². The van der Waals surface area contributed by atoms with Gasteiger partial charge in [-0.1, -0.05) is 65.8 Å². The number of aliphatic hydroxyl groups excluding tert-OH is 1. The zero-order chi connectivity index (χ0) is 19.5. The number of aromatic nitrogens is 1. The lowest BCUT2D eigenvalue weighted by atomic mass is 9.85. The summed E-state index contributed by atoms with van der Waals surface area (Å²) in [6.45, 7) is 0.529. The first-order valence-corrected chi connectivity index (χ1v) is 9.41. The minimum atomic E-state index is -0.899. The van der Waals surface area contributed by atoms with Gasteiger partial charge < -0.3 is 20.3 Å². The molecule has 6 heteroatoms. The second-order valence-electron chi connectivity index (χ2n) is 7.02. The normalized spacial score (nSPS) is 14.8. The molecule has 0 spiro atoms. The second kappa shape index (κ2) is 7.96. The molecule has 0 radical (unpaired) electrons. The quantitative estimate of drug-likeness (QED) is 0.710. The largest absolute Gasteiger partial charge is 0.394 e. The van der Waals surface area contributed by atoms with Gasteiger partial charge in [-0.2, -0.15) is 0 Å². The third-order valence-electron chi connectivity index (χ3n) is 5.22. The molecule has 0 bridgehead atoms. The summed E-state index contributed by atoms with van der Waals surface area (Å²) in [5.41, 5.74) is 9.72. The van der Waals surface area contributed by atoms with Crippen LogP contribution in [0.1, 0.15) is 34.1 Å². The van der Waals surface area contributed by atoms with Crippen molar-refractivity contribution in [3.63, 3.8) is 0 Å². The Kier molecular flexibility index (Phi) is 5.23. The fourth-order valence-electron chi connectivity index (χ4n) is 3.76. The van der Waals surface area contributed by atoms with E-state index in [2.05, 4.69) is 29.4 Å². The summed E-state index contributed by atoms with van der Waals surface area (Å²) in [5, 5.41) is 13.6. The van der Waals surface area contributed by atoms with Crippen molar-refractivity contribution < 1.29 is 14.4 Å². The maximum Gasteiger partial charge on any atom is 0.242 e. The van der Waals surface area contributed by atoms with Crippen molar-refractivity contribution in [2.75, 3.05) is 13.2 Å². The van der Waals surface area contributed by atoms with Crippen LogP contribution in [0.25, 0.3) is 0 Å². The van der Waals surface area contributed by atoms with E-state index in [1.54, 1.807) is 4.90 Å². The van der Waals surface area contributed by atoms with Crippen LogP contribution in [-0.4, -0.2) is 40.3 Å². The molecule has 0 fully saturated rings. The van der Waals surface area contributed by atoms with Gasteiger partial charge in [-0.3, -0.25) is 4.79 Å². The number of hydrogen-bond donors (Lipinski definition) is 2. The van der Waals surface area contributed by atoms with Gasteiger partial charge in [0, 0.05) is 18.5 Å². The first kappa shape index (κ1) is 18.4. The molecule has 4 rings (SSSR count). The number of aliphatic hydroxyl groups is 1. The Balaban J connectivity index is 1.74.